The van der Waals surface area contributed by atoms with Crippen molar-refractivity contribution < 1.29 is 13.9 Å². The van der Waals surface area contributed by atoms with Crippen molar-refractivity contribution in [3.63, 3.8) is 0 Å². The predicted molar refractivity (Wildman–Crippen MR) is 124 cm³/mol. The highest BCUT2D eigenvalue weighted by atomic mass is 19.1. The van der Waals surface area contributed by atoms with E-state index in [1.807, 2.05) is 35.2 Å². The summed E-state index contributed by atoms with van der Waals surface area (Å²) < 4.78 is 19.7. The fourth-order valence-electron chi connectivity index (χ4n) is 4.98. The Labute approximate surface area is 188 Å². The molecule has 168 valence electrons. The van der Waals surface area contributed by atoms with Crippen molar-refractivity contribution in [3.05, 3.63) is 59.9 Å². The molecule has 3 aromatic rings. The third kappa shape index (κ3) is 4.57. The second-order valence-corrected chi connectivity index (χ2v) is 8.85. The SMILES string of the molecule is O=C(CCc1c(-c2ccccc2)[nH]c2ccc(F)cc12)N1CCN(CC2CCCO2)CC1. The summed E-state index contributed by atoms with van der Waals surface area (Å²) in [6.45, 7) is 5.19. The number of fused-ring (bicyclic) bond motifs is 1. The molecule has 1 atom stereocenters. The normalized spacial score (nSPS) is 19.7. The molecule has 1 N–H and O–H groups in total. The van der Waals surface area contributed by atoms with Crippen LogP contribution in [0.4, 0.5) is 4.39 Å². The molecule has 0 bridgehead atoms. The van der Waals surface area contributed by atoms with Crippen LogP contribution in [0, 0.1) is 5.82 Å². The second-order valence-electron chi connectivity index (χ2n) is 8.85. The van der Waals surface area contributed by atoms with Gasteiger partial charge < -0.3 is 14.6 Å². The second kappa shape index (κ2) is 9.43. The van der Waals surface area contributed by atoms with Crippen molar-refractivity contribution >= 4 is 16.8 Å². The van der Waals surface area contributed by atoms with E-state index < -0.39 is 0 Å². The molecule has 6 heteroatoms. The lowest BCUT2D eigenvalue weighted by Gasteiger charge is -2.35. The Morgan fingerprint density at radius 2 is 1.91 bits per heavy atom. The van der Waals surface area contributed by atoms with Crippen molar-refractivity contribution in [3.8, 4) is 11.3 Å². The van der Waals surface area contributed by atoms with Crippen LogP contribution in [-0.2, 0) is 16.0 Å². The third-order valence-corrected chi connectivity index (χ3v) is 6.73. The van der Waals surface area contributed by atoms with Crippen molar-refractivity contribution in [2.75, 3.05) is 39.3 Å². The van der Waals surface area contributed by atoms with Crippen LogP contribution >= 0.6 is 0 Å². The van der Waals surface area contributed by atoms with Gasteiger partial charge in [0, 0.05) is 62.3 Å². The summed E-state index contributed by atoms with van der Waals surface area (Å²) >= 11 is 0. The number of carbonyl (C=O) groups is 1. The number of nitrogens with zero attached hydrogens (tertiary/aromatic N) is 2. The van der Waals surface area contributed by atoms with Gasteiger partial charge in [-0.05, 0) is 48.6 Å². The van der Waals surface area contributed by atoms with E-state index in [1.165, 1.54) is 6.07 Å². The highest BCUT2D eigenvalue weighted by Crippen LogP contribution is 2.32. The fraction of sp³-hybridized carbons (Fsp3) is 0.423. The molecule has 2 fully saturated rings. The number of ether oxygens (including phenoxy) is 1. The number of benzene rings is 2. The van der Waals surface area contributed by atoms with Gasteiger partial charge in [-0.15, -0.1) is 0 Å². The van der Waals surface area contributed by atoms with E-state index in [-0.39, 0.29) is 11.7 Å². The van der Waals surface area contributed by atoms with Crippen LogP contribution in [0.5, 0.6) is 0 Å². The molecule has 1 aromatic heterocycles. The largest absolute Gasteiger partial charge is 0.377 e. The minimum Gasteiger partial charge on any atom is -0.377 e. The predicted octanol–water partition coefficient (Wildman–Crippen LogP) is 4.23. The van der Waals surface area contributed by atoms with Crippen molar-refractivity contribution in [2.45, 2.75) is 31.8 Å². The van der Waals surface area contributed by atoms with Gasteiger partial charge in [-0.1, -0.05) is 30.3 Å². The number of carbonyl (C=O) groups excluding carboxylic acids is 1. The van der Waals surface area contributed by atoms with E-state index in [0.29, 0.717) is 18.9 Å². The standard InChI is InChI=1S/C26H30FN3O2/c27-20-8-10-24-23(17-20)22(26(28-24)19-5-2-1-3-6-19)9-11-25(31)30-14-12-29(13-15-30)18-21-7-4-16-32-21/h1-3,5-6,8,10,17,21,28H,4,7,9,11-16,18H2. The summed E-state index contributed by atoms with van der Waals surface area (Å²) in [6, 6.07) is 14.9. The topological polar surface area (TPSA) is 48.6 Å². The number of H-pyrrole nitrogens is 1. The van der Waals surface area contributed by atoms with Crippen LogP contribution in [0.3, 0.4) is 0 Å². The number of amides is 1. The van der Waals surface area contributed by atoms with Gasteiger partial charge in [0.1, 0.15) is 5.82 Å². The first-order chi connectivity index (χ1) is 15.7. The Hall–Kier alpha value is -2.70. The number of aryl methyl sites for hydroxylation is 1. The highest BCUT2D eigenvalue weighted by Gasteiger charge is 2.25. The van der Waals surface area contributed by atoms with Crippen LogP contribution < -0.4 is 0 Å². The quantitative estimate of drug-likeness (QED) is 0.630. The average molecular weight is 436 g/mol. The van der Waals surface area contributed by atoms with Gasteiger partial charge in [0.15, 0.2) is 0 Å². The number of piperazine rings is 1. The summed E-state index contributed by atoms with van der Waals surface area (Å²) in [5, 5.41) is 0.859. The molecule has 3 heterocycles. The molecule has 0 spiro atoms. The highest BCUT2D eigenvalue weighted by molar-refractivity contribution is 5.91. The molecule has 2 aliphatic heterocycles. The molecule has 2 saturated heterocycles. The van der Waals surface area contributed by atoms with Crippen molar-refractivity contribution in [1.82, 2.24) is 14.8 Å². The molecule has 5 nitrogen and oxygen atoms in total. The Balaban J connectivity index is 1.26. The zero-order valence-corrected chi connectivity index (χ0v) is 18.4. The molecular weight excluding hydrogens is 405 g/mol. The Kier molecular flexibility index (Phi) is 6.23. The maximum Gasteiger partial charge on any atom is 0.222 e. The van der Waals surface area contributed by atoms with Gasteiger partial charge in [-0.3, -0.25) is 9.69 Å². The van der Waals surface area contributed by atoms with Gasteiger partial charge in [-0.25, -0.2) is 4.39 Å². The zero-order chi connectivity index (χ0) is 21.9. The number of hydrogen-bond acceptors (Lipinski definition) is 3. The van der Waals surface area contributed by atoms with Gasteiger partial charge in [-0.2, -0.15) is 0 Å². The van der Waals surface area contributed by atoms with Gasteiger partial charge in [0.05, 0.1) is 6.10 Å². The number of aromatic amines is 1. The van der Waals surface area contributed by atoms with E-state index in [0.717, 1.165) is 79.9 Å². The minimum atomic E-state index is -0.258. The number of nitrogens with one attached hydrogen (secondary N) is 1. The summed E-state index contributed by atoms with van der Waals surface area (Å²) in [5.41, 5.74) is 3.93. The van der Waals surface area contributed by atoms with Gasteiger partial charge >= 0.3 is 0 Å². The Morgan fingerprint density at radius 3 is 2.66 bits per heavy atom. The molecule has 2 aromatic carbocycles. The number of rotatable bonds is 6. The van der Waals surface area contributed by atoms with E-state index in [1.54, 1.807) is 12.1 Å². The van der Waals surface area contributed by atoms with Crippen LogP contribution in [0.2, 0.25) is 0 Å². The maximum atomic E-state index is 14.0. The third-order valence-electron chi connectivity index (χ3n) is 6.73. The molecule has 1 amide bonds. The minimum absolute atomic E-state index is 0.173. The number of aromatic nitrogens is 1. The summed E-state index contributed by atoms with van der Waals surface area (Å²) in [5.74, 6) is -0.0856. The van der Waals surface area contributed by atoms with Crippen LogP contribution in [0.25, 0.3) is 22.2 Å². The molecule has 32 heavy (non-hydrogen) atoms. The molecular formula is C26H30FN3O2. The molecule has 5 rings (SSSR count). The molecule has 0 radical (unpaired) electrons. The van der Waals surface area contributed by atoms with Crippen molar-refractivity contribution in [2.24, 2.45) is 0 Å². The Bertz CT molecular complexity index is 1070. The van der Waals surface area contributed by atoms with Crippen LogP contribution in [0.1, 0.15) is 24.8 Å². The molecule has 0 aliphatic carbocycles. The summed E-state index contributed by atoms with van der Waals surface area (Å²) in [6.07, 6.45) is 3.67. The van der Waals surface area contributed by atoms with Gasteiger partial charge in [0.2, 0.25) is 5.91 Å². The lowest BCUT2D eigenvalue weighted by Crippen LogP contribution is -2.50. The molecule has 1 unspecified atom stereocenters. The summed E-state index contributed by atoms with van der Waals surface area (Å²) in [7, 11) is 0. The first kappa shape index (κ1) is 21.2. The van der Waals surface area contributed by atoms with E-state index in [2.05, 4.69) is 9.88 Å². The van der Waals surface area contributed by atoms with E-state index in [4.69, 9.17) is 4.74 Å². The van der Waals surface area contributed by atoms with E-state index in [9.17, 15) is 9.18 Å². The first-order valence-electron chi connectivity index (χ1n) is 11.6. The monoisotopic (exact) mass is 435 g/mol. The van der Waals surface area contributed by atoms with E-state index >= 15 is 0 Å². The number of halogens is 1. The first-order valence-corrected chi connectivity index (χ1v) is 11.6. The van der Waals surface area contributed by atoms with Crippen LogP contribution in [0.15, 0.2) is 48.5 Å². The molecule has 2 aliphatic rings. The lowest BCUT2D eigenvalue weighted by molar-refractivity contribution is -0.133. The molecule has 0 saturated carbocycles. The smallest absolute Gasteiger partial charge is 0.222 e. The van der Waals surface area contributed by atoms with Gasteiger partial charge in [0.25, 0.3) is 0 Å². The maximum absolute atomic E-state index is 14.0. The fourth-order valence-corrected chi connectivity index (χ4v) is 4.98. The zero-order valence-electron chi connectivity index (χ0n) is 18.4. The summed E-state index contributed by atoms with van der Waals surface area (Å²) in [4.78, 5) is 20.8. The van der Waals surface area contributed by atoms with Crippen LogP contribution in [-0.4, -0.2) is 66.1 Å². The number of hydrogen-bond donors (Lipinski definition) is 1. The Morgan fingerprint density at radius 1 is 1.09 bits per heavy atom. The lowest BCUT2D eigenvalue weighted by atomic mass is 10.0. The van der Waals surface area contributed by atoms with Crippen molar-refractivity contribution in [1.29, 1.82) is 0 Å². The average Bonchev–Trinajstić information content (AvgIpc) is 3.46.